The van der Waals surface area contributed by atoms with E-state index in [4.69, 9.17) is 18.5 Å². The van der Waals surface area contributed by atoms with Gasteiger partial charge in [0.15, 0.2) is 6.10 Å². The summed E-state index contributed by atoms with van der Waals surface area (Å²) in [6, 6.07) is 0. The molecule has 0 amide bonds. The number of esters is 2. The Balaban J connectivity index is 4.10. The van der Waals surface area contributed by atoms with E-state index in [9.17, 15) is 19.0 Å². The maximum atomic E-state index is 12.8. The molecule has 0 N–H and O–H groups in total. The maximum absolute atomic E-state index is 12.8. The summed E-state index contributed by atoms with van der Waals surface area (Å²) >= 11 is 0. The SMILES string of the molecule is CC/C=C\C/C=C\C/C=C\C/C=C\C/C=C\C/C=C\C/C=C\C/C=C\C/C=C\C/C=C\CCCCCCCCCCCCC(=O)OC(COC(=O)CCCCCCCCC/C=C\C/C=C\CCCCC)COP(=O)([O-])OCC[N+](C)(C)C. The highest BCUT2D eigenvalue weighted by molar-refractivity contribution is 7.45. The largest absolute Gasteiger partial charge is 0.756 e. The van der Waals surface area contributed by atoms with E-state index in [0.29, 0.717) is 23.9 Å². The monoisotopic (exact) mass is 1160 g/mol. The van der Waals surface area contributed by atoms with Gasteiger partial charge in [-0.1, -0.05) is 256 Å². The summed E-state index contributed by atoms with van der Waals surface area (Å²) in [5.41, 5.74) is 0. The van der Waals surface area contributed by atoms with E-state index in [0.717, 1.165) is 122 Å². The Morgan fingerprint density at radius 2 is 0.695 bits per heavy atom. The summed E-state index contributed by atoms with van der Waals surface area (Å²) in [6.07, 6.45) is 90.5. The molecule has 0 saturated carbocycles. The van der Waals surface area contributed by atoms with Gasteiger partial charge in [-0.15, -0.1) is 0 Å². The smallest absolute Gasteiger partial charge is 0.306 e. The van der Waals surface area contributed by atoms with Crippen LogP contribution in [-0.2, 0) is 32.7 Å². The van der Waals surface area contributed by atoms with Gasteiger partial charge < -0.3 is 27.9 Å². The second kappa shape index (κ2) is 61.5. The number of rotatable bonds is 58. The van der Waals surface area contributed by atoms with Crippen LogP contribution in [0.25, 0.3) is 0 Å². The molecule has 0 bridgehead atoms. The van der Waals surface area contributed by atoms with Gasteiger partial charge >= 0.3 is 11.9 Å². The Hall–Kier alpha value is -4.11. The highest BCUT2D eigenvalue weighted by atomic mass is 31.2. The third kappa shape index (κ3) is 65.0. The van der Waals surface area contributed by atoms with Gasteiger partial charge in [-0.2, -0.15) is 0 Å². The molecule has 466 valence electrons. The average molecular weight is 1160 g/mol. The van der Waals surface area contributed by atoms with Crippen LogP contribution in [0, 0.1) is 0 Å². The van der Waals surface area contributed by atoms with Crippen LogP contribution < -0.4 is 4.89 Å². The molecule has 2 atom stereocenters. The number of phosphoric acid groups is 1. The van der Waals surface area contributed by atoms with Gasteiger partial charge in [-0.05, 0) is 122 Å². The van der Waals surface area contributed by atoms with Crippen molar-refractivity contribution >= 4 is 19.8 Å². The number of hydrogen-bond donors (Lipinski definition) is 0. The Morgan fingerprint density at radius 3 is 1.04 bits per heavy atom. The van der Waals surface area contributed by atoms with Gasteiger partial charge in [0.25, 0.3) is 7.82 Å². The first-order valence-corrected chi connectivity index (χ1v) is 34.0. The molecule has 0 spiro atoms. The molecule has 9 nitrogen and oxygen atoms in total. The van der Waals surface area contributed by atoms with Crippen LogP contribution in [0.4, 0.5) is 0 Å². The van der Waals surface area contributed by atoms with Crippen molar-refractivity contribution in [3.63, 3.8) is 0 Å². The lowest BCUT2D eigenvalue weighted by atomic mass is 10.0. The summed E-state index contributed by atoms with van der Waals surface area (Å²) < 4.78 is 34.2. The minimum absolute atomic E-state index is 0.0395. The second-order valence-corrected chi connectivity index (χ2v) is 23.8. The number of hydrogen-bond acceptors (Lipinski definition) is 8. The zero-order valence-electron chi connectivity index (χ0n) is 52.9. The van der Waals surface area contributed by atoms with Crippen molar-refractivity contribution in [2.75, 3.05) is 47.5 Å². The molecule has 0 aliphatic carbocycles. The molecule has 10 heteroatoms. The lowest BCUT2D eigenvalue weighted by Gasteiger charge is -2.28. The summed E-state index contributed by atoms with van der Waals surface area (Å²) in [4.78, 5) is 37.9. The van der Waals surface area contributed by atoms with Crippen molar-refractivity contribution in [1.82, 2.24) is 0 Å². The number of phosphoric ester groups is 1. The first kappa shape index (κ1) is 77.9. The van der Waals surface area contributed by atoms with Crippen LogP contribution >= 0.6 is 7.82 Å². The molecule has 82 heavy (non-hydrogen) atoms. The van der Waals surface area contributed by atoms with E-state index in [1.165, 1.54) is 83.5 Å². The summed E-state index contributed by atoms with van der Waals surface area (Å²) in [5, 5.41) is 0. The van der Waals surface area contributed by atoms with E-state index in [1.807, 2.05) is 21.1 Å². The fraction of sp³-hybridized carbons (Fsp3) is 0.639. The van der Waals surface area contributed by atoms with Gasteiger partial charge in [0, 0.05) is 12.8 Å². The van der Waals surface area contributed by atoms with Crippen LogP contribution in [0.5, 0.6) is 0 Å². The summed E-state index contributed by atoms with van der Waals surface area (Å²) in [6.45, 7) is 4.07. The van der Waals surface area contributed by atoms with E-state index in [2.05, 4.69) is 160 Å². The van der Waals surface area contributed by atoms with Crippen molar-refractivity contribution in [3.05, 3.63) is 146 Å². The van der Waals surface area contributed by atoms with Crippen LogP contribution in [0.1, 0.15) is 245 Å². The topological polar surface area (TPSA) is 111 Å². The molecular weight excluding hydrogens is 1040 g/mol. The number of carbonyl (C=O) groups excluding carboxylic acids is 2. The number of nitrogens with zero attached hydrogens (tertiary/aromatic N) is 1. The lowest BCUT2D eigenvalue weighted by Crippen LogP contribution is -2.37. The normalized spacial score (nSPS) is 14.2. The highest BCUT2D eigenvalue weighted by Gasteiger charge is 2.22. The molecule has 0 radical (unpaired) electrons. The predicted octanol–water partition coefficient (Wildman–Crippen LogP) is 20.4. The maximum Gasteiger partial charge on any atom is 0.306 e. The Kier molecular flexibility index (Phi) is 58.4. The average Bonchev–Trinajstić information content (AvgIpc) is 3.45. The minimum Gasteiger partial charge on any atom is -0.756 e. The van der Waals surface area contributed by atoms with Gasteiger partial charge in [-0.25, -0.2) is 0 Å². The van der Waals surface area contributed by atoms with E-state index < -0.39 is 32.5 Å². The van der Waals surface area contributed by atoms with Gasteiger partial charge in [0.1, 0.15) is 19.8 Å². The summed E-state index contributed by atoms with van der Waals surface area (Å²) in [7, 11) is 1.14. The van der Waals surface area contributed by atoms with Gasteiger partial charge in [0.05, 0.1) is 27.7 Å². The van der Waals surface area contributed by atoms with E-state index in [-0.39, 0.29) is 26.1 Å². The van der Waals surface area contributed by atoms with Crippen molar-refractivity contribution in [3.8, 4) is 0 Å². The van der Waals surface area contributed by atoms with Crippen molar-refractivity contribution in [1.29, 1.82) is 0 Å². The van der Waals surface area contributed by atoms with Crippen LogP contribution in [-0.4, -0.2) is 70.0 Å². The van der Waals surface area contributed by atoms with Crippen LogP contribution in [0.2, 0.25) is 0 Å². The number of quaternary nitrogens is 1. The lowest BCUT2D eigenvalue weighted by molar-refractivity contribution is -0.870. The highest BCUT2D eigenvalue weighted by Crippen LogP contribution is 2.38. The predicted molar refractivity (Wildman–Crippen MR) is 350 cm³/mol. The Bertz CT molecular complexity index is 1890. The van der Waals surface area contributed by atoms with Crippen molar-refractivity contribution in [2.45, 2.75) is 251 Å². The first-order chi connectivity index (χ1) is 40.0. The molecule has 0 heterocycles. The number of ether oxygens (including phenoxy) is 2. The molecule has 0 saturated heterocycles. The zero-order chi connectivity index (χ0) is 59.8. The number of unbranched alkanes of at least 4 members (excludes halogenated alkanes) is 20. The molecular formula is C72H120NO8P. The summed E-state index contributed by atoms with van der Waals surface area (Å²) in [5.74, 6) is -0.854. The fourth-order valence-corrected chi connectivity index (χ4v) is 9.09. The first-order valence-electron chi connectivity index (χ1n) is 32.5. The molecule has 0 fully saturated rings. The quantitative estimate of drug-likeness (QED) is 0.0195. The molecule has 0 aliphatic rings. The number of likely N-dealkylation sites (N-methyl/N-ethyl adjacent to an activating group) is 1. The zero-order valence-corrected chi connectivity index (χ0v) is 53.8. The third-order valence-electron chi connectivity index (χ3n) is 13.3. The van der Waals surface area contributed by atoms with Crippen LogP contribution in [0.3, 0.4) is 0 Å². The minimum atomic E-state index is -4.65. The number of allylic oxidation sites excluding steroid dienone is 24. The third-order valence-corrected chi connectivity index (χ3v) is 14.3. The fourth-order valence-electron chi connectivity index (χ4n) is 8.36. The standard InChI is InChI=1S/C72H120NO8P/c1-6-8-10-12-14-16-18-20-22-24-25-26-27-28-29-30-31-32-33-34-35-36-37-38-39-40-41-42-43-44-45-46-47-49-51-53-55-57-59-61-63-65-72(75)81-70(69-80-82(76,77)79-67-66-73(3,4)5)68-78-71(74)64-62-60-58-56-54-52-50-48-23-21-19-17-15-13-11-9-7-2/h8,10,14-17,20-23,25-26,28-29,31-32,34-35,37-38,40-41,43-44,70H,6-7,9,11-13,18-19,24,27,30,33,36,39,42,45-69H2,1-5H3/b10-8-,16-14-,17-15-,22-20-,23-21-,26-25-,29-28-,32-31-,35-34-,38-37-,41-40-,44-43-. The van der Waals surface area contributed by atoms with Crippen molar-refractivity contribution < 1.29 is 42.1 Å². The number of carbonyl (C=O) groups is 2. The van der Waals surface area contributed by atoms with Crippen LogP contribution in [0.15, 0.2) is 146 Å². The second-order valence-electron chi connectivity index (χ2n) is 22.4. The Labute approximate surface area is 503 Å². The Morgan fingerprint density at radius 1 is 0.390 bits per heavy atom. The molecule has 0 aliphatic heterocycles. The van der Waals surface area contributed by atoms with Crippen molar-refractivity contribution in [2.24, 2.45) is 0 Å². The van der Waals surface area contributed by atoms with Gasteiger partial charge in [-0.3, -0.25) is 14.2 Å². The molecule has 0 aromatic heterocycles. The molecule has 0 aromatic rings. The molecule has 0 aromatic carbocycles. The molecule has 0 rings (SSSR count). The van der Waals surface area contributed by atoms with E-state index in [1.54, 1.807) is 0 Å². The molecule has 2 unspecified atom stereocenters. The van der Waals surface area contributed by atoms with Gasteiger partial charge in [0.2, 0.25) is 0 Å². The van der Waals surface area contributed by atoms with E-state index >= 15 is 0 Å².